The number of hydrogen-bond donors (Lipinski definition) is 0. The molecule has 0 saturated heterocycles. The fourth-order valence-electron chi connectivity index (χ4n) is 5.84. The minimum atomic E-state index is -3.63. The molecule has 0 aliphatic heterocycles. The van der Waals surface area contributed by atoms with Crippen molar-refractivity contribution in [2.45, 2.75) is 75.7 Å². The van der Waals surface area contributed by atoms with Crippen LogP contribution in [0, 0.1) is 23.7 Å². The molecule has 0 aromatic carbocycles. The van der Waals surface area contributed by atoms with E-state index in [4.69, 9.17) is 9.47 Å². The topological polar surface area (TPSA) is 52.6 Å². The van der Waals surface area contributed by atoms with Crippen molar-refractivity contribution in [1.29, 1.82) is 0 Å². The lowest BCUT2D eigenvalue weighted by molar-refractivity contribution is -0.211. The molecule has 4 aliphatic carbocycles. The number of carbonyl (C=O) groups excluding carboxylic acids is 2. The molecule has 4 aliphatic rings. The summed E-state index contributed by atoms with van der Waals surface area (Å²) in [5.74, 6) is -7.27. The van der Waals surface area contributed by atoms with Gasteiger partial charge in [-0.25, -0.2) is 22.4 Å². The summed E-state index contributed by atoms with van der Waals surface area (Å²) in [7, 11) is 0. The van der Waals surface area contributed by atoms with Crippen LogP contribution in [0.25, 0.3) is 0 Å². The van der Waals surface area contributed by atoms with Gasteiger partial charge in [-0.3, -0.25) is 4.79 Å². The molecule has 0 N–H and O–H groups in total. The fraction of sp³-hybridized carbons (Fsp3) is 0.810. The highest BCUT2D eigenvalue weighted by molar-refractivity contribution is 5.82. The lowest BCUT2D eigenvalue weighted by atomic mass is 9.49. The lowest BCUT2D eigenvalue weighted by Gasteiger charge is -2.59. The van der Waals surface area contributed by atoms with Gasteiger partial charge in [0.2, 0.25) is 0 Å². The highest BCUT2D eigenvalue weighted by atomic mass is 19.3. The zero-order chi connectivity index (χ0) is 21.4. The Morgan fingerprint density at radius 1 is 1.07 bits per heavy atom. The van der Waals surface area contributed by atoms with Gasteiger partial charge in [-0.2, -0.15) is 0 Å². The van der Waals surface area contributed by atoms with Gasteiger partial charge in [0, 0.05) is 24.3 Å². The molecule has 0 radical (unpaired) electrons. The first-order chi connectivity index (χ1) is 13.4. The number of halogens is 4. The molecule has 0 spiro atoms. The van der Waals surface area contributed by atoms with Gasteiger partial charge in [0.15, 0.2) is 0 Å². The third-order valence-corrected chi connectivity index (χ3v) is 6.70. The molecule has 0 atom stereocenters. The van der Waals surface area contributed by atoms with E-state index in [-0.39, 0.29) is 18.3 Å². The van der Waals surface area contributed by atoms with Crippen molar-refractivity contribution in [2.75, 3.05) is 6.61 Å². The van der Waals surface area contributed by atoms with Gasteiger partial charge in [-0.1, -0.05) is 6.58 Å². The Kier molecular flexibility index (Phi) is 6.03. The summed E-state index contributed by atoms with van der Waals surface area (Å²) < 4.78 is 63.6. The molecule has 0 unspecified atom stereocenters. The molecule has 0 aromatic rings. The summed E-state index contributed by atoms with van der Waals surface area (Å²) in [5, 5.41) is 0. The number of alkyl halides is 4. The van der Waals surface area contributed by atoms with Crippen LogP contribution in [0.4, 0.5) is 17.6 Å². The monoisotopic (exact) mass is 420 g/mol. The SMILES string of the molecule is C=CC(=O)OC1(CC(=O)OCCC(F)(F)CC(C)(F)F)C2CC3CC(C2)CC1C3. The van der Waals surface area contributed by atoms with E-state index in [9.17, 15) is 27.2 Å². The second kappa shape index (κ2) is 7.91. The first-order valence-corrected chi connectivity index (χ1v) is 10.2. The van der Waals surface area contributed by atoms with Gasteiger partial charge in [0.1, 0.15) is 5.60 Å². The van der Waals surface area contributed by atoms with Gasteiger partial charge in [-0.15, -0.1) is 0 Å². The van der Waals surface area contributed by atoms with Gasteiger partial charge in [-0.05, 0) is 50.9 Å². The Balaban J connectivity index is 1.62. The maximum absolute atomic E-state index is 13.6. The largest absolute Gasteiger partial charge is 0.465 e. The van der Waals surface area contributed by atoms with Crippen LogP contribution in [0.3, 0.4) is 0 Å². The van der Waals surface area contributed by atoms with Crippen LogP contribution < -0.4 is 0 Å². The Labute approximate surface area is 168 Å². The van der Waals surface area contributed by atoms with Crippen molar-refractivity contribution < 1.29 is 36.6 Å². The Morgan fingerprint density at radius 3 is 2.10 bits per heavy atom. The average Bonchev–Trinajstić information content (AvgIpc) is 2.56. The minimum absolute atomic E-state index is 0.0374. The highest BCUT2D eigenvalue weighted by Gasteiger charge is 2.60. The Bertz CT molecular complexity index is 628. The predicted octanol–water partition coefficient (Wildman–Crippen LogP) is 4.91. The van der Waals surface area contributed by atoms with E-state index < -0.39 is 48.8 Å². The third-order valence-electron chi connectivity index (χ3n) is 6.70. The predicted molar refractivity (Wildman–Crippen MR) is 96.4 cm³/mol. The fourth-order valence-corrected chi connectivity index (χ4v) is 5.84. The molecule has 4 fully saturated rings. The molecule has 0 aromatic heterocycles. The summed E-state index contributed by atoms with van der Waals surface area (Å²) in [6, 6.07) is 0. The van der Waals surface area contributed by atoms with Crippen LogP contribution in [0.5, 0.6) is 0 Å². The molecule has 0 amide bonds. The summed E-state index contributed by atoms with van der Waals surface area (Å²) in [6.07, 6.45) is 2.94. The van der Waals surface area contributed by atoms with E-state index in [2.05, 4.69) is 6.58 Å². The summed E-state index contributed by atoms with van der Waals surface area (Å²) >= 11 is 0. The van der Waals surface area contributed by atoms with Crippen LogP contribution in [0.15, 0.2) is 12.7 Å². The lowest BCUT2D eigenvalue weighted by Crippen LogP contribution is -2.60. The van der Waals surface area contributed by atoms with Gasteiger partial charge in [0.25, 0.3) is 11.8 Å². The number of ether oxygens (including phenoxy) is 2. The molecule has 4 bridgehead atoms. The maximum Gasteiger partial charge on any atom is 0.330 e. The first kappa shape index (κ1) is 22.1. The summed E-state index contributed by atoms with van der Waals surface area (Å²) in [6.45, 7) is 3.19. The zero-order valence-corrected chi connectivity index (χ0v) is 16.6. The van der Waals surface area contributed by atoms with Gasteiger partial charge < -0.3 is 9.47 Å². The number of rotatable bonds is 9. The van der Waals surface area contributed by atoms with Gasteiger partial charge in [0.05, 0.1) is 19.4 Å². The second-order valence-corrected chi connectivity index (χ2v) is 9.13. The van der Waals surface area contributed by atoms with Crippen LogP contribution in [-0.2, 0) is 19.1 Å². The molecule has 4 saturated carbocycles. The van der Waals surface area contributed by atoms with Gasteiger partial charge >= 0.3 is 11.9 Å². The smallest absolute Gasteiger partial charge is 0.330 e. The zero-order valence-electron chi connectivity index (χ0n) is 16.6. The summed E-state index contributed by atoms with van der Waals surface area (Å²) in [4.78, 5) is 24.5. The van der Waals surface area contributed by atoms with Crippen molar-refractivity contribution in [3.05, 3.63) is 12.7 Å². The molecule has 0 heterocycles. The molecular formula is C21H28F4O4. The van der Waals surface area contributed by atoms with Crippen LogP contribution in [0.1, 0.15) is 58.3 Å². The third kappa shape index (κ3) is 5.12. The van der Waals surface area contributed by atoms with Crippen molar-refractivity contribution in [2.24, 2.45) is 23.7 Å². The standard InChI is InChI=1S/C21H28F4O4/c1-3-17(26)29-21(15-7-13-6-14(9-15)10-16(21)8-13)11-18(27)28-5-4-20(24,25)12-19(2,22)23/h3,13-16H,1,4-12H2,2H3. The maximum atomic E-state index is 13.6. The summed E-state index contributed by atoms with van der Waals surface area (Å²) in [5.41, 5.74) is -0.991. The Hall–Kier alpha value is -1.60. The molecule has 8 heteroatoms. The quantitative estimate of drug-likeness (QED) is 0.302. The minimum Gasteiger partial charge on any atom is -0.465 e. The first-order valence-electron chi connectivity index (χ1n) is 10.2. The normalized spacial score (nSPS) is 33.4. The molecular weight excluding hydrogens is 392 g/mol. The van der Waals surface area contributed by atoms with Crippen molar-refractivity contribution in [3.8, 4) is 0 Å². The molecule has 4 nitrogen and oxygen atoms in total. The van der Waals surface area contributed by atoms with Crippen LogP contribution >= 0.6 is 0 Å². The molecule has 4 rings (SSSR count). The van der Waals surface area contributed by atoms with E-state index in [1.165, 1.54) is 6.42 Å². The number of hydrogen-bond acceptors (Lipinski definition) is 4. The van der Waals surface area contributed by atoms with E-state index in [1.54, 1.807) is 0 Å². The number of carbonyl (C=O) groups is 2. The van der Waals surface area contributed by atoms with E-state index >= 15 is 0 Å². The van der Waals surface area contributed by atoms with Crippen molar-refractivity contribution in [3.63, 3.8) is 0 Å². The molecule has 164 valence electrons. The van der Waals surface area contributed by atoms with E-state index in [0.29, 0.717) is 18.8 Å². The van der Waals surface area contributed by atoms with E-state index in [0.717, 1.165) is 31.8 Å². The second-order valence-electron chi connectivity index (χ2n) is 9.13. The van der Waals surface area contributed by atoms with Crippen LogP contribution in [-0.4, -0.2) is 36.0 Å². The number of esters is 2. The van der Waals surface area contributed by atoms with Crippen molar-refractivity contribution in [1.82, 2.24) is 0 Å². The molecule has 29 heavy (non-hydrogen) atoms. The van der Waals surface area contributed by atoms with Crippen molar-refractivity contribution >= 4 is 11.9 Å². The Morgan fingerprint density at radius 2 is 1.62 bits per heavy atom. The average molecular weight is 420 g/mol. The van der Waals surface area contributed by atoms with E-state index in [1.807, 2.05) is 0 Å². The highest BCUT2D eigenvalue weighted by Crippen LogP contribution is 2.60. The van der Waals surface area contributed by atoms with Crippen LogP contribution in [0.2, 0.25) is 0 Å².